The molecule has 0 bridgehead atoms. The highest BCUT2D eigenvalue weighted by Gasteiger charge is 2.04. The third-order valence-corrected chi connectivity index (χ3v) is 3.88. The smallest absolute Gasteiger partial charge is 0.277 e. The van der Waals surface area contributed by atoms with E-state index in [1.54, 1.807) is 6.21 Å². The van der Waals surface area contributed by atoms with E-state index in [9.17, 15) is 4.79 Å². The summed E-state index contributed by atoms with van der Waals surface area (Å²) in [5.74, 6) is 0.920. The molecule has 2 aromatic rings. The van der Waals surface area contributed by atoms with Crippen molar-refractivity contribution in [3.05, 3.63) is 65.2 Å². The van der Waals surface area contributed by atoms with Crippen LogP contribution in [0.1, 0.15) is 42.9 Å². The van der Waals surface area contributed by atoms with Crippen molar-refractivity contribution in [3.63, 3.8) is 0 Å². The second-order valence-corrected chi connectivity index (χ2v) is 5.87. The van der Waals surface area contributed by atoms with Gasteiger partial charge in [-0.25, -0.2) is 5.43 Å². The maximum absolute atomic E-state index is 11.7. The predicted octanol–water partition coefficient (Wildman–Crippen LogP) is 4.04. The van der Waals surface area contributed by atoms with Crippen LogP contribution in [0, 0.1) is 6.92 Å². The molecule has 0 saturated carbocycles. The van der Waals surface area contributed by atoms with Gasteiger partial charge in [0.15, 0.2) is 6.61 Å². The third-order valence-electron chi connectivity index (χ3n) is 3.88. The number of carbonyl (C=O) groups is 1. The Morgan fingerprint density at radius 3 is 2.67 bits per heavy atom. The lowest BCUT2D eigenvalue weighted by Crippen LogP contribution is -2.24. The van der Waals surface area contributed by atoms with Gasteiger partial charge in [-0.05, 0) is 42.5 Å². The predicted molar refractivity (Wildman–Crippen MR) is 97.6 cm³/mol. The Bertz CT molecular complexity index is 693. The minimum Gasteiger partial charge on any atom is -0.484 e. The summed E-state index contributed by atoms with van der Waals surface area (Å²) in [6.45, 7) is 6.30. The number of benzene rings is 2. The number of nitrogens with one attached hydrogen (secondary N) is 1. The molecule has 1 atom stereocenters. The number of aryl methyl sites for hydroxylation is 1. The monoisotopic (exact) mass is 324 g/mol. The van der Waals surface area contributed by atoms with Crippen molar-refractivity contribution in [2.75, 3.05) is 6.61 Å². The first-order valence-corrected chi connectivity index (χ1v) is 8.20. The lowest BCUT2D eigenvalue weighted by Gasteiger charge is -2.10. The molecule has 1 N–H and O–H groups in total. The van der Waals surface area contributed by atoms with E-state index in [1.165, 1.54) is 5.56 Å². The summed E-state index contributed by atoms with van der Waals surface area (Å²) in [5, 5.41) is 3.94. The van der Waals surface area contributed by atoms with E-state index < -0.39 is 0 Å². The summed E-state index contributed by atoms with van der Waals surface area (Å²) < 4.78 is 5.47. The van der Waals surface area contributed by atoms with Crippen molar-refractivity contribution in [2.45, 2.75) is 33.1 Å². The number of amides is 1. The second-order valence-electron chi connectivity index (χ2n) is 5.87. The number of carbonyl (C=O) groups excluding carboxylic acids is 1. The zero-order valence-corrected chi connectivity index (χ0v) is 14.5. The maximum atomic E-state index is 11.7. The summed E-state index contributed by atoms with van der Waals surface area (Å²) >= 11 is 0. The zero-order chi connectivity index (χ0) is 17.4. The average molecular weight is 324 g/mol. The SMILES string of the molecule is CCC(C)c1ccc(OCC(=O)N/N=C/c2cccc(C)c2)cc1. The largest absolute Gasteiger partial charge is 0.484 e. The fourth-order valence-electron chi connectivity index (χ4n) is 2.24. The van der Waals surface area contributed by atoms with Gasteiger partial charge in [0.25, 0.3) is 5.91 Å². The van der Waals surface area contributed by atoms with Crippen LogP contribution in [0.25, 0.3) is 0 Å². The highest BCUT2D eigenvalue weighted by atomic mass is 16.5. The van der Waals surface area contributed by atoms with Gasteiger partial charge < -0.3 is 4.74 Å². The minimum atomic E-state index is -0.287. The number of hydrazone groups is 1. The molecule has 0 heterocycles. The molecule has 0 aromatic heterocycles. The Hall–Kier alpha value is -2.62. The van der Waals surface area contributed by atoms with Crippen LogP contribution in [0.5, 0.6) is 5.75 Å². The van der Waals surface area contributed by atoms with E-state index in [0.717, 1.165) is 17.5 Å². The van der Waals surface area contributed by atoms with Crippen molar-refractivity contribution in [1.29, 1.82) is 0 Å². The first kappa shape index (κ1) is 17.7. The topological polar surface area (TPSA) is 50.7 Å². The highest BCUT2D eigenvalue weighted by Crippen LogP contribution is 2.21. The Balaban J connectivity index is 1.78. The quantitative estimate of drug-likeness (QED) is 0.617. The zero-order valence-electron chi connectivity index (χ0n) is 14.5. The first-order valence-electron chi connectivity index (χ1n) is 8.20. The molecule has 2 rings (SSSR count). The molecule has 126 valence electrons. The molecule has 0 aliphatic rings. The van der Waals surface area contributed by atoms with Gasteiger partial charge in [-0.2, -0.15) is 5.10 Å². The van der Waals surface area contributed by atoms with Crippen molar-refractivity contribution in [2.24, 2.45) is 5.10 Å². The van der Waals surface area contributed by atoms with Crippen LogP contribution in [-0.4, -0.2) is 18.7 Å². The molecular weight excluding hydrogens is 300 g/mol. The van der Waals surface area contributed by atoms with Gasteiger partial charge in [0, 0.05) is 0 Å². The minimum absolute atomic E-state index is 0.0617. The average Bonchev–Trinajstić information content (AvgIpc) is 2.60. The molecule has 0 radical (unpaired) electrons. The van der Waals surface area contributed by atoms with E-state index in [0.29, 0.717) is 11.7 Å². The van der Waals surface area contributed by atoms with E-state index in [4.69, 9.17) is 4.74 Å². The van der Waals surface area contributed by atoms with Gasteiger partial charge in [-0.15, -0.1) is 0 Å². The molecule has 0 spiro atoms. The van der Waals surface area contributed by atoms with Gasteiger partial charge in [-0.3, -0.25) is 4.79 Å². The molecule has 4 nitrogen and oxygen atoms in total. The van der Waals surface area contributed by atoms with Crippen LogP contribution in [0.2, 0.25) is 0 Å². The van der Waals surface area contributed by atoms with Gasteiger partial charge >= 0.3 is 0 Å². The fourth-order valence-corrected chi connectivity index (χ4v) is 2.24. The van der Waals surface area contributed by atoms with Crippen molar-refractivity contribution in [3.8, 4) is 5.75 Å². The first-order chi connectivity index (χ1) is 11.6. The van der Waals surface area contributed by atoms with E-state index in [1.807, 2.05) is 55.5 Å². The van der Waals surface area contributed by atoms with Gasteiger partial charge in [0.2, 0.25) is 0 Å². The maximum Gasteiger partial charge on any atom is 0.277 e. The van der Waals surface area contributed by atoms with Crippen LogP contribution in [-0.2, 0) is 4.79 Å². The van der Waals surface area contributed by atoms with E-state index in [2.05, 4.69) is 24.4 Å². The highest BCUT2D eigenvalue weighted by molar-refractivity contribution is 5.83. The molecule has 0 saturated heterocycles. The molecule has 24 heavy (non-hydrogen) atoms. The molecule has 1 amide bonds. The lowest BCUT2D eigenvalue weighted by molar-refractivity contribution is -0.123. The van der Waals surface area contributed by atoms with Gasteiger partial charge in [-0.1, -0.05) is 55.8 Å². The number of hydrogen-bond donors (Lipinski definition) is 1. The number of nitrogens with zero attached hydrogens (tertiary/aromatic N) is 1. The number of rotatable bonds is 7. The van der Waals surface area contributed by atoms with Crippen molar-refractivity contribution >= 4 is 12.1 Å². The number of hydrogen-bond acceptors (Lipinski definition) is 3. The molecule has 0 aliphatic carbocycles. The Kier molecular flexibility index (Phi) is 6.55. The molecule has 1 unspecified atom stereocenters. The summed E-state index contributed by atoms with van der Waals surface area (Å²) in [4.78, 5) is 11.7. The molecule has 2 aromatic carbocycles. The Morgan fingerprint density at radius 2 is 2.00 bits per heavy atom. The van der Waals surface area contributed by atoms with Crippen LogP contribution < -0.4 is 10.2 Å². The fraction of sp³-hybridized carbons (Fsp3) is 0.300. The van der Waals surface area contributed by atoms with Crippen molar-refractivity contribution < 1.29 is 9.53 Å². The van der Waals surface area contributed by atoms with Crippen LogP contribution in [0.3, 0.4) is 0 Å². The Morgan fingerprint density at radius 1 is 1.25 bits per heavy atom. The van der Waals surface area contributed by atoms with E-state index >= 15 is 0 Å². The summed E-state index contributed by atoms with van der Waals surface area (Å²) in [5.41, 5.74) is 5.83. The summed E-state index contributed by atoms with van der Waals surface area (Å²) in [6, 6.07) is 15.7. The van der Waals surface area contributed by atoms with Crippen molar-refractivity contribution in [1.82, 2.24) is 5.43 Å². The summed E-state index contributed by atoms with van der Waals surface area (Å²) in [6.07, 6.45) is 2.72. The molecule has 0 aliphatic heterocycles. The van der Waals surface area contributed by atoms with Gasteiger partial charge in [0.05, 0.1) is 6.21 Å². The summed E-state index contributed by atoms with van der Waals surface area (Å²) in [7, 11) is 0. The normalized spacial score (nSPS) is 12.1. The lowest BCUT2D eigenvalue weighted by atomic mass is 9.99. The second kappa shape index (κ2) is 8.87. The van der Waals surface area contributed by atoms with Crippen LogP contribution >= 0.6 is 0 Å². The standard InChI is InChI=1S/C20H24N2O2/c1-4-16(3)18-8-10-19(11-9-18)24-14-20(23)22-21-13-17-7-5-6-15(2)12-17/h5-13,16H,4,14H2,1-3H3,(H,22,23)/b21-13+. The molecule has 0 fully saturated rings. The Labute approximate surface area is 143 Å². The van der Waals surface area contributed by atoms with Gasteiger partial charge in [0.1, 0.15) is 5.75 Å². The molecular formula is C20H24N2O2. The molecule has 4 heteroatoms. The van der Waals surface area contributed by atoms with Crippen LogP contribution in [0.15, 0.2) is 53.6 Å². The van der Waals surface area contributed by atoms with Crippen LogP contribution in [0.4, 0.5) is 0 Å². The number of ether oxygens (including phenoxy) is 1. The third kappa shape index (κ3) is 5.54. The van der Waals surface area contributed by atoms with E-state index in [-0.39, 0.29) is 12.5 Å².